The zero-order valence-corrected chi connectivity index (χ0v) is 10.1. The predicted molar refractivity (Wildman–Crippen MR) is 61.6 cm³/mol. The molecular weight excluding hydrogens is 234 g/mol. The van der Waals surface area contributed by atoms with Gasteiger partial charge in [0.1, 0.15) is 6.04 Å². The Balaban J connectivity index is 3.36. The Morgan fingerprint density at radius 2 is 2.12 bits per heavy atom. The summed E-state index contributed by atoms with van der Waals surface area (Å²) in [5, 5.41) is 17.9. The molecule has 7 heteroatoms. The average Bonchev–Trinajstić information content (AvgIpc) is 2.24. The van der Waals surface area contributed by atoms with Crippen LogP contribution in [0, 0.1) is 0 Å². The van der Waals surface area contributed by atoms with Crippen LogP contribution in [0.1, 0.15) is 0 Å². The molecule has 0 saturated heterocycles. The number of thioether (sulfide) groups is 1. The van der Waals surface area contributed by atoms with E-state index >= 15 is 0 Å². The molecule has 16 heavy (non-hydrogen) atoms. The first-order chi connectivity index (χ1) is 7.57. The SMILES string of the molecule is COCCOCC(O)CSC[C@H](N)C(=O)O. The van der Waals surface area contributed by atoms with Crippen LogP contribution in [0.4, 0.5) is 0 Å². The summed E-state index contributed by atoms with van der Waals surface area (Å²) in [6, 6.07) is -0.883. The van der Waals surface area contributed by atoms with Crippen molar-refractivity contribution in [2.75, 3.05) is 38.4 Å². The highest BCUT2D eigenvalue weighted by Gasteiger charge is 2.12. The highest BCUT2D eigenvalue weighted by atomic mass is 32.2. The quantitative estimate of drug-likeness (QED) is 0.436. The second-order valence-electron chi connectivity index (χ2n) is 3.20. The molecule has 0 aliphatic carbocycles. The van der Waals surface area contributed by atoms with E-state index in [0.29, 0.717) is 19.0 Å². The zero-order valence-electron chi connectivity index (χ0n) is 9.30. The van der Waals surface area contributed by atoms with E-state index in [2.05, 4.69) is 0 Å². The average molecular weight is 253 g/mol. The van der Waals surface area contributed by atoms with Gasteiger partial charge in [-0.1, -0.05) is 0 Å². The maximum absolute atomic E-state index is 10.4. The number of nitrogens with two attached hydrogens (primary N) is 1. The van der Waals surface area contributed by atoms with Gasteiger partial charge in [-0.3, -0.25) is 4.79 Å². The first-order valence-corrected chi connectivity index (χ1v) is 6.04. The first-order valence-electron chi connectivity index (χ1n) is 4.88. The van der Waals surface area contributed by atoms with Crippen LogP contribution in [0.5, 0.6) is 0 Å². The van der Waals surface area contributed by atoms with Gasteiger partial charge < -0.3 is 25.4 Å². The Hall–Kier alpha value is -0.340. The van der Waals surface area contributed by atoms with E-state index in [-0.39, 0.29) is 12.4 Å². The van der Waals surface area contributed by atoms with Crippen molar-refractivity contribution in [3.63, 3.8) is 0 Å². The number of hydrogen-bond acceptors (Lipinski definition) is 6. The van der Waals surface area contributed by atoms with Crippen molar-refractivity contribution in [1.82, 2.24) is 0 Å². The standard InChI is InChI=1S/C9H19NO5S/c1-14-2-3-15-4-7(11)5-16-6-8(10)9(12)13/h7-8,11H,2-6,10H2,1H3,(H,12,13)/t7?,8-/m0/s1. The number of methoxy groups -OCH3 is 1. The Morgan fingerprint density at radius 1 is 1.44 bits per heavy atom. The van der Waals surface area contributed by atoms with Crippen LogP contribution in [-0.4, -0.2) is 66.8 Å². The van der Waals surface area contributed by atoms with Gasteiger partial charge in [0.15, 0.2) is 0 Å². The molecule has 0 aliphatic heterocycles. The monoisotopic (exact) mass is 253 g/mol. The minimum Gasteiger partial charge on any atom is -0.480 e. The summed E-state index contributed by atoms with van der Waals surface area (Å²) in [4.78, 5) is 10.4. The van der Waals surface area contributed by atoms with Crippen LogP contribution in [0.2, 0.25) is 0 Å². The number of ether oxygens (including phenoxy) is 2. The van der Waals surface area contributed by atoms with Gasteiger partial charge in [0.25, 0.3) is 0 Å². The molecule has 0 aliphatic rings. The summed E-state index contributed by atoms with van der Waals surface area (Å²) >= 11 is 1.29. The normalized spacial score (nSPS) is 14.7. The Morgan fingerprint density at radius 3 is 2.69 bits per heavy atom. The predicted octanol–water partition coefficient (Wildman–Crippen LogP) is -0.845. The van der Waals surface area contributed by atoms with E-state index in [0.717, 1.165) is 0 Å². The third-order valence-corrected chi connectivity index (χ3v) is 2.88. The van der Waals surface area contributed by atoms with Crippen molar-refractivity contribution in [1.29, 1.82) is 0 Å². The molecule has 0 saturated carbocycles. The fourth-order valence-corrected chi connectivity index (χ4v) is 1.71. The number of carboxylic acids is 1. The summed E-state index contributed by atoms with van der Waals surface area (Å²) in [5.74, 6) is -0.336. The topological polar surface area (TPSA) is 102 Å². The van der Waals surface area contributed by atoms with Gasteiger partial charge >= 0.3 is 5.97 Å². The molecule has 0 amide bonds. The van der Waals surface area contributed by atoms with Crippen molar-refractivity contribution < 1.29 is 24.5 Å². The van der Waals surface area contributed by atoms with E-state index in [1.54, 1.807) is 7.11 Å². The molecule has 0 fully saturated rings. The third-order valence-electron chi connectivity index (χ3n) is 1.67. The molecule has 96 valence electrons. The van der Waals surface area contributed by atoms with Gasteiger partial charge in [-0.2, -0.15) is 11.8 Å². The van der Waals surface area contributed by atoms with Crippen LogP contribution >= 0.6 is 11.8 Å². The number of rotatable bonds is 10. The molecule has 0 bridgehead atoms. The molecule has 0 aromatic carbocycles. The molecule has 0 radical (unpaired) electrons. The van der Waals surface area contributed by atoms with Gasteiger partial charge in [-0.05, 0) is 0 Å². The fourth-order valence-electron chi connectivity index (χ4n) is 0.812. The smallest absolute Gasteiger partial charge is 0.321 e. The van der Waals surface area contributed by atoms with E-state index in [4.69, 9.17) is 20.3 Å². The van der Waals surface area contributed by atoms with E-state index < -0.39 is 18.1 Å². The Bertz CT molecular complexity index is 193. The molecule has 6 nitrogen and oxygen atoms in total. The second-order valence-corrected chi connectivity index (χ2v) is 4.28. The Labute approximate surface area is 99.1 Å². The summed E-state index contributed by atoms with van der Waals surface area (Å²) in [7, 11) is 1.57. The van der Waals surface area contributed by atoms with Crippen LogP contribution < -0.4 is 5.73 Å². The molecular formula is C9H19NO5S. The molecule has 2 atom stereocenters. The first kappa shape index (κ1) is 15.7. The van der Waals surface area contributed by atoms with Gasteiger partial charge in [0, 0.05) is 18.6 Å². The largest absolute Gasteiger partial charge is 0.480 e. The van der Waals surface area contributed by atoms with Crippen molar-refractivity contribution in [2.24, 2.45) is 5.73 Å². The van der Waals surface area contributed by atoms with Crippen molar-refractivity contribution in [2.45, 2.75) is 12.1 Å². The van der Waals surface area contributed by atoms with Crippen LogP contribution in [0.3, 0.4) is 0 Å². The number of aliphatic carboxylic acids is 1. The van der Waals surface area contributed by atoms with Gasteiger partial charge in [0.2, 0.25) is 0 Å². The summed E-state index contributed by atoms with van der Waals surface area (Å²) in [6.07, 6.45) is -0.608. The molecule has 0 aromatic heterocycles. The lowest BCUT2D eigenvalue weighted by Gasteiger charge is -2.11. The fraction of sp³-hybridized carbons (Fsp3) is 0.889. The summed E-state index contributed by atoms with van der Waals surface area (Å²) in [6.45, 7) is 1.15. The number of carboxylic acid groups (broad SMARTS) is 1. The van der Waals surface area contributed by atoms with E-state index in [1.807, 2.05) is 0 Å². The summed E-state index contributed by atoms with van der Waals surface area (Å²) < 4.78 is 9.87. The molecule has 1 unspecified atom stereocenters. The maximum Gasteiger partial charge on any atom is 0.321 e. The number of carbonyl (C=O) groups is 1. The van der Waals surface area contributed by atoms with Crippen LogP contribution in [0.15, 0.2) is 0 Å². The third kappa shape index (κ3) is 8.93. The summed E-state index contributed by atoms with van der Waals surface area (Å²) in [5.41, 5.74) is 5.29. The molecule has 0 heterocycles. The lowest BCUT2D eigenvalue weighted by molar-refractivity contribution is -0.137. The lowest BCUT2D eigenvalue weighted by atomic mass is 10.4. The molecule has 4 N–H and O–H groups in total. The Kier molecular flexibility index (Phi) is 9.65. The van der Waals surface area contributed by atoms with Crippen LogP contribution in [-0.2, 0) is 14.3 Å². The minimum atomic E-state index is -1.03. The van der Waals surface area contributed by atoms with Crippen molar-refractivity contribution in [3.05, 3.63) is 0 Å². The number of aliphatic hydroxyl groups is 1. The van der Waals surface area contributed by atoms with Crippen LogP contribution in [0.25, 0.3) is 0 Å². The van der Waals surface area contributed by atoms with Gasteiger partial charge in [0.05, 0.1) is 25.9 Å². The number of aliphatic hydroxyl groups excluding tert-OH is 1. The van der Waals surface area contributed by atoms with E-state index in [1.165, 1.54) is 11.8 Å². The maximum atomic E-state index is 10.4. The molecule has 0 spiro atoms. The van der Waals surface area contributed by atoms with Gasteiger partial charge in [-0.25, -0.2) is 0 Å². The van der Waals surface area contributed by atoms with Crippen molar-refractivity contribution in [3.8, 4) is 0 Å². The van der Waals surface area contributed by atoms with Crippen molar-refractivity contribution >= 4 is 17.7 Å². The highest BCUT2D eigenvalue weighted by molar-refractivity contribution is 7.99. The van der Waals surface area contributed by atoms with Gasteiger partial charge in [-0.15, -0.1) is 0 Å². The second kappa shape index (κ2) is 9.86. The zero-order chi connectivity index (χ0) is 12.4. The molecule has 0 rings (SSSR count). The number of hydrogen-bond donors (Lipinski definition) is 3. The molecule has 0 aromatic rings. The highest BCUT2D eigenvalue weighted by Crippen LogP contribution is 2.05. The minimum absolute atomic E-state index is 0.221. The van der Waals surface area contributed by atoms with E-state index in [9.17, 15) is 9.90 Å². The lowest BCUT2D eigenvalue weighted by Crippen LogP contribution is -2.33.